The number of halogens is 6. The Morgan fingerprint density at radius 3 is 2.28 bits per heavy atom. The number of nitrogens with zero attached hydrogens (tertiary/aromatic N) is 3. The van der Waals surface area contributed by atoms with Gasteiger partial charge in [0.1, 0.15) is 11.2 Å². The van der Waals surface area contributed by atoms with Crippen molar-refractivity contribution in [3.8, 4) is 22.6 Å². The lowest BCUT2D eigenvalue weighted by molar-refractivity contribution is -0.137. The molecular formula is C22H20Cl3F3N4. The number of aromatic amines is 1. The zero-order valence-electron chi connectivity index (χ0n) is 17.6. The number of hydrogen-bond acceptors (Lipinski definition) is 2. The van der Waals surface area contributed by atoms with Gasteiger partial charge in [-0.15, -0.1) is 12.4 Å². The molecule has 0 unspecified atom stereocenters. The van der Waals surface area contributed by atoms with Gasteiger partial charge >= 0.3 is 6.18 Å². The zero-order chi connectivity index (χ0) is 22.7. The van der Waals surface area contributed by atoms with Crippen molar-refractivity contribution in [1.29, 1.82) is 0 Å². The van der Waals surface area contributed by atoms with E-state index in [-0.39, 0.29) is 28.4 Å². The molecule has 0 atom stereocenters. The van der Waals surface area contributed by atoms with E-state index in [1.807, 2.05) is 20.8 Å². The van der Waals surface area contributed by atoms with Gasteiger partial charge in [-0.25, -0.2) is 4.98 Å². The van der Waals surface area contributed by atoms with Crippen LogP contribution in [0.25, 0.3) is 33.7 Å². The number of benzene rings is 2. The van der Waals surface area contributed by atoms with Gasteiger partial charge in [0.25, 0.3) is 0 Å². The molecule has 10 heteroatoms. The molecule has 0 aliphatic rings. The summed E-state index contributed by atoms with van der Waals surface area (Å²) < 4.78 is 42.1. The van der Waals surface area contributed by atoms with Crippen molar-refractivity contribution in [3.63, 3.8) is 0 Å². The summed E-state index contributed by atoms with van der Waals surface area (Å²) in [5.41, 5.74) is 1.63. The van der Waals surface area contributed by atoms with Gasteiger partial charge in [0.05, 0.1) is 26.8 Å². The molecular weight excluding hydrogens is 484 g/mol. The van der Waals surface area contributed by atoms with Crippen LogP contribution < -0.4 is 0 Å². The van der Waals surface area contributed by atoms with Crippen LogP contribution in [0.15, 0.2) is 36.4 Å². The summed E-state index contributed by atoms with van der Waals surface area (Å²) in [6, 6.07) is 8.49. The topological polar surface area (TPSA) is 46.5 Å². The van der Waals surface area contributed by atoms with E-state index in [0.29, 0.717) is 33.1 Å². The van der Waals surface area contributed by atoms with Crippen LogP contribution in [0.3, 0.4) is 0 Å². The minimum atomic E-state index is -4.48. The molecule has 170 valence electrons. The quantitative estimate of drug-likeness (QED) is 0.305. The maximum Gasteiger partial charge on any atom is 0.417 e. The predicted molar refractivity (Wildman–Crippen MR) is 125 cm³/mol. The van der Waals surface area contributed by atoms with E-state index >= 15 is 0 Å². The first-order chi connectivity index (χ1) is 14.4. The molecule has 32 heavy (non-hydrogen) atoms. The lowest BCUT2D eigenvalue weighted by atomic mass is 9.92. The molecule has 0 fully saturated rings. The summed E-state index contributed by atoms with van der Waals surface area (Å²) in [6.07, 6.45) is -4.48. The molecule has 2 aromatic heterocycles. The van der Waals surface area contributed by atoms with Gasteiger partial charge in [-0.05, 0) is 29.3 Å². The molecule has 1 N–H and O–H groups in total. The van der Waals surface area contributed by atoms with E-state index in [2.05, 4.69) is 15.1 Å². The molecule has 0 radical (unpaired) electrons. The fourth-order valence-corrected chi connectivity index (χ4v) is 4.35. The molecule has 0 saturated carbocycles. The second kappa shape index (κ2) is 8.28. The fourth-order valence-electron chi connectivity index (χ4n) is 3.56. The molecule has 0 saturated heterocycles. The molecule has 0 spiro atoms. The second-order valence-corrected chi connectivity index (χ2v) is 9.15. The Bertz CT molecular complexity index is 1300. The summed E-state index contributed by atoms with van der Waals surface area (Å²) in [5.74, 6) is 0.439. The van der Waals surface area contributed by atoms with Gasteiger partial charge in [-0.2, -0.15) is 18.3 Å². The van der Waals surface area contributed by atoms with Crippen molar-refractivity contribution in [1.82, 2.24) is 19.7 Å². The van der Waals surface area contributed by atoms with Gasteiger partial charge in [0, 0.05) is 12.5 Å². The van der Waals surface area contributed by atoms with E-state index < -0.39 is 11.7 Å². The second-order valence-electron chi connectivity index (χ2n) is 8.37. The Kier molecular flexibility index (Phi) is 6.32. The first kappa shape index (κ1) is 24.4. The van der Waals surface area contributed by atoms with Crippen molar-refractivity contribution < 1.29 is 13.2 Å². The largest absolute Gasteiger partial charge is 0.417 e. The number of aryl methyl sites for hydroxylation is 1. The van der Waals surface area contributed by atoms with Crippen LogP contribution in [0.2, 0.25) is 10.0 Å². The standard InChI is InChI=1S/C22H19Cl2F3N4.ClH/c1-21(2,3)19-16(24)18(31(4)30-19)20-28-15-10-11(9-14(23)17(15)29-20)12-7-5-6-8-13(12)22(25,26)27;/h5-10H,1-4H3,(H,28,29);1H. The molecule has 0 aliphatic carbocycles. The normalized spacial score (nSPS) is 12.3. The van der Waals surface area contributed by atoms with E-state index in [1.54, 1.807) is 23.9 Å². The Balaban J connectivity index is 0.00000289. The monoisotopic (exact) mass is 502 g/mol. The maximum absolute atomic E-state index is 13.5. The van der Waals surface area contributed by atoms with E-state index in [1.165, 1.54) is 18.2 Å². The molecule has 2 aromatic carbocycles. The molecule has 4 aromatic rings. The Morgan fingerprint density at radius 2 is 1.69 bits per heavy atom. The number of nitrogens with one attached hydrogen (secondary N) is 1. The SMILES string of the molecule is Cl.Cn1nc(C(C)(C)C)c(Cl)c1-c1nc2c(Cl)cc(-c3ccccc3C(F)(F)F)cc2[nH]1. The van der Waals surface area contributed by atoms with Crippen LogP contribution in [-0.2, 0) is 18.6 Å². The van der Waals surface area contributed by atoms with E-state index in [0.717, 1.165) is 11.8 Å². The zero-order valence-corrected chi connectivity index (χ0v) is 19.9. The highest BCUT2D eigenvalue weighted by Gasteiger charge is 2.33. The van der Waals surface area contributed by atoms with Crippen LogP contribution >= 0.6 is 35.6 Å². The molecule has 4 nitrogen and oxygen atoms in total. The summed E-state index contributed by atoms with van der Waals surface area (Å²) in [5, 5.41) is 5.22. The highest BCUT2D eigenvalue weighted by Crippen LogP contribution is 2.40. The third-order valence-corrected chi connectivity index (χ3v) is 5.65. The van der Waals surface area contributed by atoms with Crippen LogP contribution in [0.1, 0.15) is 32.0 Å². The maximum atomic E-state index is 13.5. The highest BCUT2D eigenvalue weighted by atomic mass is 35.5. The number of imidazole rings is 1. The highest BCUT2D eigenvalue weighted by molar-refractivity contribution is 6.35. The van der Waals surface area contributed by atoms with Crippen molar-refractivity contribution in [2.75, 3.05) is 0 Å². The molecule has 2 heterocycles. The fraction of sp³-hybridized carbons (Fsp3) is 0.273. The lowest BCUT2D eigenvalue weighted by Crippen LogP contribution is -2.12. The van der Waals surface area contributed by atoms with Gasteiger partial charge in [0.15, 0.2) is 5.82 Å². The average molecular weight is 504 g/mol. The van der Waals surface area contributed by atoms with Gasteiger partial charge in [-0.1, -0.05) is 62.2 Å². The van der Waals surface area contributed by atoms with Gasteiger partial charge in [0.2, 0.25) is 0 Å². The summed E-state index contributed by atoms with van der Waals surface area (Å²) in [7, 11) is 1.76. The number of alkyl halides is 3. The summed E-state index contributed by atoms with van der Waals surface area (Å²) >= 11 is 13.0. The number of rotatable bonds is 2. The predicted octanol–water partition coefficient (Wildman–Crippen LogP) is 7.68. The average Bonchev–Trinajstić information content (AvgIpc) is 3.21. The minimum absolute atomic E-state index is 0. The summed E-state index contributed by atoms with van der Waals surface area (Å²) in [4.78, 5) is 7.70. The van der Waals surface area contributed by atoms with Crippen molar-refractivity contribution >= 4 is 46.6 Å². The molecule has 0 aliphatic heterocycles. The van der Waals surface area contributed by atoms with Gasteiger partial charge in [-0.3, -0.25) is 4.68 Å². The number of fused-ring (bicyclic) bond motifs is 1. The van der Waals surface area contributed by atoms with Gasteiger partial charge < -0.3 is 4.98 Å². The van der Waals surface area contributed by atoms with Crippen molar-refractivity contribution in [2.24, 2.45) is 7.05 Å². The lowest BCUT2D eigenvalue weighted by Gasteiger charge is -2.15. The third kappa shape index (κ3) is 4.21. The third-order valence-electron chi connectivity index (χ3n) is 5.01. The summed E-state index contributed by atoms with van der Waals surface area (Å²) in [6.45, 7) is 6.01. The molecule has 0 bridgehead atoms. The molecule has 4 rings (SSSR count). The minimum Gasteiger partial charge on any atom is -0.337 e. The van der Waals surface area contributed by atoms with Crippen LogP contribution in [0.5, 0.6) is 0 Å². The Labute approximate surface area is 199 Å². The van der Waals surface area contributed by atoms with Crippen LogP contribution in [-0.4, -0.2) is 19.7 Å². The first-order valence-corrected chi connectivity index (χ1v) is 10.2. The van der Waals surface area contributed by atoms with E-state index in [4.69, 9.17) is 23.2 Å². The first-order valence-electron chi connectivity index (χ1n) is 9.47. The van der Waals surface area contributed by atoms with Crippen LogP contribution in [0.4, 0.5) is 13.2 Å². The number of H-pyrrole nitrogens is 1. The van der Waals surface area contributed by atoms with Crippen LogP contribution in [0, 0.1) is 0 Å². The Morgan fingerprint density at radius 1 is 1.03 bits per heavy atom. The van der Waals surface area contributed by atoms with Crippen molar-refractivity contribution in [3.05, 3.63) is 57.7 Å². The van der Waals surface area contributed by atoms with E-state index in [9.17, 15) is 13.2 Å². The van der Waals surface area contributed by atoms with Crippen molar-refractivity contribution in [2.45, 2.75) is 32.4 Å². The number of hydrogen-bond donors (Lipinski definition) is 1. The smallest absolute Gasteiger partial charge is 0.337 e. The molecule has 0 amide bonds. The number of aromatic nitrogens is 4. The Hall–Kier alpha value is -2.22.